The summed E-state index contributed by atoms with van der Waals surface area (Å²) in [5.41, 5.74) is 9.15. The van der Waals surface area contributed by atoms with E-state index in [1.54, 1.807) is 0 Å². The molecule has 0 aromatic rings. The molecular weight excluding hydrogens is 177 g/mol. The summed E-state index contributed by atoms with van der Waals surface area (Å²) >= 11 is 0. The lowest BCUT2D eigenvalue weighted by Crippen LogP contribution is -2.42. The first-order valence-corrected chi connectivity index (χ1v) is 2.90. The maximum atomic E-state index is 11.5. The molecule has 0 radical (unpaired) electrons. The summed E-state index contributed by atoms with van der Waals surface area (Å²) < 4.78 is 34.6. The summed E-state index contributed by atoms with van der Waals surface area (Å²) in [6, 6.07) is -1.89. The lowest BCUT2D eigenvalue weighted by molar-refractivity contribution is -0.149. The molecule has 70 valence electrons. The summed E-state index contributed by atoms with van der Waals surface area (Å²) in [5, 5.41) is 0. The number of carbonyl (C=O) groups is 2. The fourth-order valence-electron chi connectivity index (χ4n) is 0.525. The number of amides is 1. The van der Waals surface area contributed by atoms with Gasteiger partial charge >= 0.3 is 6.18 Å². The summed E-state index contributed by atoms with van der Waals surface area (Å²) in [5.74, 6) is -2.86. The number of primary amides is 1. The van der Waals surface area contributed by atoms with Crippen LogP contribution >= 0.6 is 0 Å². The molecule has 0 aliphatic rings. The Labute approximate surface area is 65.7 Å². The third-order valence-corrected chi connectivity index (χ3v) is 1.03. The van der Waals surface area contributed by atoms with E-state index >= 15 is 0 Å². The Bertz CT molecular complexity index is 201. The lowest BCUT2D eigenvalue weighted by atomic mass is 10.1. The Morgan fingerprint density at radius 3 is 2.00 bits per heavy atom. The van der Waals surface area contributed by atoms with Crippen LogP contribution in [0.15, 0.2) is 0 Å². The van der Waals surface area contributed by atoms with Gasteiger partial charge in [-0.1, -0.05) is 0 Å². The highest BCUT2D eigenvalue weighted by Crippen LogP contribution is 2.20. The number of hydrogen-bond acceptors (Lipinski definition) is 3. The average Bonchev–Trinajstić information content (AvgIpc) is 1.82. The van der Waals surface area contributed by atoms with Crippen LogP contribution < -0.4 is 11.5 Å². The van der Waals surface area contributed by atoms with Gasteiger partial charge in [-0.05, 0) is 0 Å². The predicted molar refractivity (Wildman–Crippen MR) is 32.8 cm³/mol. The SMILES string of the molecule is NC(=O)C(=O)C(N)CC(F)(F)F. The van der Waals surface area contributed by atoms with Gasteiger partial charge in [0.1, 0.15) is 0 Å². The van der Waals surface area contributed by atoms with Gasteiger partial charge in [0.15, 0.2) is 0 Å². The molecule has 0 aromatic heterocycles. The van der Waals surface area contributed by atoms with Crippen LogP contribution in [0.2, 0.25) is 0 Å². The van der Waals surface area contributed by atoms with Crippen molar-refractivity contribution in [3.05, 3.63) is 0 Å². The van der Waals surface area contributed by atoms with Crippen molar-refractivity contribution in [3.63, 3.8) is 0 Å². The Hall–Kier alpha value is -1.11. The fraction of sp³-hybridized carbons (Fsp3) is 0.600. The minimum absolute atomic E-state index is 1.41. The number of hydrogen-bond donors (Lipinski definition) is 2. The van der Waals surface area contributed by atoms with E-state index in [0.29, 0.717) is 0 Å². The Morgan fingerprint density at radius 2 is 1.75 bits per heavy atom. The first-order chi connectivity index (χ1) is 5.24. The highest BCUT2D eigenvalue weighted by Gasteiger charge is 2.34. The number of nitrogens with two attached hydrogens (primary N) is 2. The normalized spacial score (nSPS) is 14.0. The van der Waals surface area contributed by atoms with Gasteiger partial charge in [0.05, 0.1) is 12.5 Å². The van der Waals surface area contributed by atoms with E-state index in [9.17, 15) is 22.8 Å². The predicted octanol–water partition coefficient (Wildman–Crippen LogP) is -0.680. The second-order valence-electron chi connectivity index (χ2n) is 2.15. The van der Waals surface area contributed by atoms with Crippen molar-refractivity contribution in [2.24, 2.45) is 11.5 Å². The van der Waals surface area contributed by atoms with E-state index in [0.717, 1.165) is 0 Å². The second-order valence-corrected chi connectivity index (χ2v) is 2.15. The zero-order valence-electron chi connectivity index (χ0n) is 5.89. The quantitative estimate of drug-likeness (QED) is 0.570. The number of ketones is 1. The molecule has 1 atom stereocenters. The molecule has 0 saturated heterocycles. The average molecular weight is 184 g/mol. The molecule has 0 aliphatic heterocycles. The van der Waals surface area contributed by atoms with E-state index in [1.165, 1.54) is 0 Å². The summed E-state index contributed by atoms with van der Waals surface area (Å²) in [6.45, 7) is 0. The van der Waals surface area contributed by atoms with Crippen molar-refractivity contribution in [2.75, 3.05) is 0 Å². The fourth-order valence-corrected chi connectivity index (χ4v) is 0.525. The summed E-state index contributed by atoms with van der Waals surface area (Å²) in [4.78, 5) is 20.5. The molecule has 0 spiro atoms. The smallest absolute Gasteiger partial charge is 0.363 e. The van der Waals surface area contributed by atoms with Crippen LogP contribution in [0.3, 0.4) is 0 Å². The third-order valence-electron chi connectivity index (χ3n) is 1.03. The minimum atomic E-state index is -4.56. The third kappa shape index (κ3) is 3.91. The molecule has 0 heterocycles. The van der Waals surface area contributed by atoms with Gasteiger partial charge in [-0.2, -0.15) is 13.2 Å². The van der Waals surface area contributed by atoms with E-state index < -0.39 is 30.3 Å². The Kier molecular flexibility index (Phi) is 3.20. The van der Waals surface area contributed by atoms with Crippen molar-refractivity contribution in [1.82, 2.24) is 0 Å². The van der Waals surface area contributed by atoms with Gasteiger partial charge < -0.3 is 11.5 Å². The maximum Gasteiger partial charge on any atom is 0.391 e. The zero-order chi connectivity index (χ0) is 9.94. The summed E-state index contributed by atoms with van der Waals surface area (Å²) in [7, 11) is 0. The van der Waals surface area contributed by atoms with Crippen LogP contribution in [0.25, 0.3) is 0 Å². The number of halogens is 3. The minimum Gasteiger partial charge on any atom is -0.363 e. The molecule has 0 aliphatic carbocycles. The van der Waals surface area contributed by atoms with Crippen molar-refractivity contribution in [1.29, 1.82) is 0 Å². The standard InChI is InChI=1S/C5H7F3N2O2/c6-5(7,8)1-2(9)3(11)4(10)12/h2H,1,9H2,(H2,10,12). The number of rotatable bonds is 3. The molecule has 0 saturated carbocycles. The van der Waals surface area contributed by atoms with Crippen molar-refractivity contribution in [2.45, 2.75) is 18.6 Å². The second kappa shape index (κ2) is 3.53. The van der Waals surface area contributed by atoms with Gasteiger partial charge in [0.25, 0.3) is 5.91 Å². The first kappa shape index (κ1) is 10.9. The number of Topliss-reactive ketones (excluding diaryl/α,β-unsaturated/α-hetero) is 1. The van der Waals surface area contributed by atoms with Crippen LogP contribution in [-0.4, -0.2) is 23.9 Å². The molecule has 0 rings (SSSR count). The molecule has 7 heteroatoms. The van der Waals surface area contributed by atoms with E-state index in [4.69, 9.17) is 5.73 Å². The monoisotopic (exact) mass is 184 g/mol. The topological polar surface area (TPSA) is 86.2 Å². The number of carbonyl (C=O) groups excluding carboxylic acids is 2. The maximum absolute atomic E-state index is 11.5. The largest absolute Gasteiger partial charge is 0.391 e. The van der Waals surface area contributed by atoms with Crippen LogP contribution in [0, 0.1) is 0 Å². The van der Waals surface area contributed by atoms with Crippen LogP contribution in [0.5, 0.6) is 0 Å². The van der Waals surface area contributed by atoms with Crippen LogP contribution in [0.4, 0.5) is 13.2 Å². The Balaban J connectivity index is 4.14. The molecule has 1 unspecified atom stereocenters. The molecule has 0 fully saturated rings. The highest BCUT2D eigenvalue weighted by atomic mass is 19.4. The molecule has 12 heavy (non-hydrogen) atoms. The van der Waals surface area contributed by atoms with Gasteiger partial charge in [-0.3, -0.25) is 9.59 Å². The molecule has 1 amide bonds. The molecule has 4 nitrogen and oxygen atoms in total. The van der Waals surface area contributed by atoms with Crippen molar-refractivity contribution < 1.29 is 22.8 Å². The summed E-state index contributed by atoms with van der Waals surface area (Å²) in [6.07, 6.45) is -6.10. The molecule has 4 N–H and O–H groups in total. The highest BCUT2D eigenvalue weighted by molar-refractivity contribution is 6.37. The van der Waals surface area contributed by atoms with Gasteiger partial charge in [-0.25, -0.2) is 0 Å². The lowest BCUT2D eigenvalue weighted by Gasteiger charge is -2.10. The van der Waals surface area contributed by atoms with Crippen LogP contribution in [0.1, 0.15) is 6.42 Å². The van der Waals surface area contributed by atoms with Crippen LogP contribution in [-0.2, 0) is 9.59 Å². The van der Waals surface area contributed by atoms with E-state index in [-0.39, 0.29) is 0 Å². The van der Waals surface area contributed by atoms with E-state index in [1.807, 2.05) is 0 Å². The zero-order valence-corrected chi connectivity index (χ0v) is 5.89. The Morgan fingerprint density at radius 1 is 1.33 bits per heavy atom. The van der Waals surface area contributed by atoms with Gasteiger partial charge in [0, 0.05) is 0 Å². The van der Waals surface area contributed by atoms with Gasteiger partial charge in [-0.15, -0.1) is 0 Å². The molecule has 0 aromatic carbocycles. The molecular formula is C5H7F3N2O2. The first-order valence-electron chi connectivity index (χ1n) is 2.90. The molecule has 0 bridgehead atoms. The van der Waals surface area contributed by atoms with Crippen molar-refractivity contribution >= 4 is 11.7 Å². The van der Waals surface area contributed by atoms with Crippen molar-refractivity contribution in [3.8, 4) is 0 Å². The number of alkyl halides is 3. The van der Waals surface area contributed by atoms with Gasteiger partial charge in [0.2, 0.25) is 5.78 Å². The van der Waals surface area contributed by atoms with E-state index in [2.05, 4.69) is 5.73 Å².